The summed E-state index contributed by atoms with van der Waals surface area (Å²) in [7, 11) is 0. The van der Waals surface area contributed by atoms with Crippen molar-refractivity contribution in [2.45, 2.75) is 39.3 Å². The monoisotopic (exact) mass is 354 g/mol. The minimum atomic E-state index is -0.312. The van der Waals surface area contributed by atoms with Crippen molar-refractivity contribution in [3.8, 4) is 0 Å². The largest absolute Gasteiger partial charge is 0.351 e. The zero-order valence-electron chi connectivity index (χ0n) is 15.1. The number of hydrogen-bond donors (Lipinski definition) is 1. The van der Waals surface area contributed by atoms with Crippen LogP contribution in [-0.4, -0.2) is 29.3 Å². The predicted octanol–water partition coefficient (Wildman–Crippen LogP) is 2.90. The first-order valence-corrected chi connectivity index (χ1v) is 8.78. The van der Waals surface area contributed by atoms with E-state index >= 15 is 0 Å². The van der Waals surface area contributed by atoms with Crippen LogP contribution < -0.4 is 5.32 Å². The van der Waals surface area contributed by atoms with E-state index in [4.69, 9.17) is 0 Å². The minimum absolute atomic E-state index is 0.0219. The summed E-state index contributed by atoms with van der Waals surface area (Å²) < 4.78 is 13.3. The molecule has 2 aromatic carbocycles. The number of aryl methyl sites for hydroxylation is 2. The Bertz CT molecular complexity index is 835. The van der Waals surface area contributed by atoms with E-state index in [1.54, 1.807) is 17.0 Å². The molecule has 0 aromatic heterocycles. The Morgan fingerprint density at radius 3 is 2.81 bits per heavy atom. The Kier molecular flexibility index (Phi) is 5.35. The second-order valence-corrected chi connectivity index (χ2v) is 6.98. The number of hydrogen-bond acceptors (Lipinski definition) is 2. The summed E-state index contributed by atoms with van der Waals surface area (Å²) >= 11 is 0. The van der Waals surface area contributed by atoms with Crippen LogP contribution in [0.15, 0.2) is 42.5 Å². The molecule has 1 N–H and O–H groups in total. The topological polar surface area (TPSA) is 49.4 Å². The third-order valence-corrected chi connectivity index (χ3v) is 4.70. The number of rotatable bonds is 5. The Balaban J connectivity index is 1.57. The van der Waals surface area contributed by atoms with Gasteiger partial charge in [-0.3, -0.25) is 9.59 Å². The van der Waals surface area contributed by atoms with E-state index in [0.29, 0.717) is 19.5 Å². The summed E-state index contributed by atoms with van der Waals surface area (Å²) in [6, 6.07) is 12.1. The van der Waals surface area contributed by atoms with Crippen LogP contribution in [-0.2, 0) is 22.6 Å². The fraction of sp³-hybridized carbons (Fsp3) is 0.333. The number of likely N-dealkylation sites (tertiary alicyclic amines) is 1. The van der Waals surface area contributed by atoms with Crippen molar-refractivity contribution >= 4 is 11.8 Å². The van der Waals surface area contributed by atoms with Crippen LogP contribution in [0.2, 0.25) is 0 Å². The van der Waals surface area contributed by atoms with Gasteiger partial charge < -0.3 is 10.2 Å². The summed E-state index contributed by atoms with van der Waals surface area (Å²) in [6.07, 6.45) is 0.593. The molecule has 0 bridgehead atoms. The third kappa shape index (κ3) is 4.48. The molecule has 3 rings (SSSR count). The van der Waals surface area contributed by atoms with E-state index in [2.05, 4.69) is 5.32 Å². The van der Waals surface area contributed by atoms with Crippen LogP contribution in [0.1, 0.15) is 28.7 Å². The number of halogens is 1. The number of amides is 2. The van der Waals surface area contributed by atoms with E-state index in [1.807, 2.05) is 32.0 Å². The number of carbonyl (C=O) groups is 2. The zero-order chi connectivity index (χ0) is 18.7. The van der Waals surface area contributed by atoms with Crippen molar-refractivity contribution in [2.75, 3.05) is 6.54 Å². The SMILES string of the molecule is Cc1ccc(C)c(CC(=O)NC2CC(=O)N(Cc3cccc(F)c3)C2)c1. The van der Waals surface area contributed by atoms with Gasteiger partial charge in [-0.05, 0) is 42.7 Å². The Morgan fingerprint density at radius 1 is 1.23 bits per heavy atom. The standard InChI is InChI=1S/C21H23FN2O2/c1-14-6-7-15(2)17(8-14)10-20(25)23-19-11-21(26)24(13-19)12-16-4-3-5-18(22)9-16/h3-9,19H,10-13H2,1-2H3,(H,23,25). The molecule has 1 saturated heterocycles. The van der Waals surface area contributed by atoms with Gasteiger partial charge in [-0.25, -0.2) is 4.39 Å². The van der Waals surface area contributed by atoms with Crippen molar-refractivity contribution in [1.29, 1.82) is 0 Å². The predicted molar refractivity (Wildman–Crippen MR) is 98.0 cm³/mol. The summed E-state index contributed by atoms with van der Waals surface area (Å²) in [6.45, 7) is 4.80. The Morgan fingerprint density at radius 2 is 2.04 bits per heavy atom. The molecule has 5 heteroatoms. The zero-order valence-corrected chi connectivity index (χ0v) is 15.1. The molecule has 0 saturated carbocycles. The lowest BCUT2D eigenvalue weighted by Gasteiger charge is -2.17. The van der Waals surface area contributed by atoms with Crippen LogP contribution in [0, 0.1) is 19.7 Å². The summed E-state index contributed by atoms with van der Waals surface area (Å²) in [5.74, 6) is -0.414. The number of nitrogens with one attached hydrogen (secondary N) is 1. The normalized spacial score (nSPS) is 16.8. The lowest BCUT2D eigenvalue weighted by atomic mass is 10.0. The highest BCUT2D eigenvalue weighted by molar-refractivity contribution is 5.83. The van der Waals surface area contributed by atoms with Gasteiger partial charge >= 0.3 is 0 Å². The minimum Gasteiger partial charge on any atom is -0.351 e. The lowest BCUT2D eigenvalue weighted by Crippen LogP contribution is -2.38. The van der Waals surface area contributed by atoms with Gasteiger partial charge in [0.25, 0.3) is 0 Å². The highest BCUT2D eigenvalue weighted by Crippen LogP contribution is 2.17. The van der Waals surface area contributed by atoms with E-state index < -0.39 is 0 Å². The number of benzene rings is 2. The van der Waals surface area contributed by atoms with Crippen LogP contribution in [0.4, 0.5) is 4.39 Å². The van der Waals surface area contributed by atoms with Gasteiger partial charge in [0.1, 0.15) is 5.82 Å². The van der Waals surface area contributed by atoms with Gasteiger partial charge in [-0.1, -0.05) is 35.9 Å². The lowest BCUT2D eigenvalue weighted by molar-refractivity contribution is -0.128. The fourth-order valence-corrected chi connectivity index (χ4v) is 3.32. The summed E-state index contributed by atoms with van der Waals surface area (Å²) in [5, 5.41) is 2.96. The van der Waals surface area contributed by atoms with Crippen molar-refractivity contribution < 1.29 is 14.0 Å². The third-order valence-electron chi connectivity index (χ3n) is 4.70. The smallest absolute Gasteiger partial charge is 0.225 e. The molecule has 4 nitrogen and oxygen atoms in total. The van der Waals surface area contributed by atoms with E-state index in [1.165, 1.54) is 12.1 Å². The first kappa shape index (κ1) is 18.1. The van der Waals surface area contributed by atoms with Gasteiger partial charge in [0, 0.05) is 19.5 Å². The molecule has 1 unspecified atom stereocenters. The number of carbonyl (C=O) groups excluding carboxylic acids is 2. The van der Waals surface area contributed by atoms with Gasteiger partial charge in [-0.15, -0.1) is 0 Å². The Labute approximate surface area is 153 Å². The maximum absolute atomic E-state index is 13.3. The molecule has 1 heterocycles. The average molecular weight is 354 g/mol. The average Bonchev–Trinajstić information content (AvgIpc) is 2.90. The quantitative estimate of drug-likeness (QED) is 0.898. The molecule has 1 atom stereocenters. The molecular formula is C21H23FN2O2. The molecule has 0 radical (unpaired) electrons. The van der Waals surface area contributed by atoms with E-state index in [9.17, 15) is 14.0 Å². The van der Waals surface area contributed by atoms with Crippen molar-refractivity contribution in [2.24, 2.45) is 0 Å². The molecule has 2 aromatic rings. The Hall–Kier alpha value is -2.69. The molecule has 0 aliphatic carbocycles. The van der Waals surface area contributed by atoms with Crippen LogP contribution >= 0.6 is 0 Å². The van der Waals surface area contributed by atoms with Gasteiger partial charge in [0.15, 0.2) is 0 Å². The maximum Gasteiger partial charge on any atom is 0.225 e. The molecule has 26 heavy (non-hydrogen) atoms. The molecule has 0 spiro atoms. The van der Waals surface area contributed by atoms with Gasteiger partial charge in [0.2, 0.25) is 11.8 Å². The maximum atomic E-state index is 13.3. The highest BCUT2D eigenvalue weighted by Gasteiger charge is 2.30. The number of nitrogens with zero attached hydrogens (tertiary/aromatic N) is 1. The molecule has 136 valence electrons. The highest BCUT2D eigenvalue weighted by atomic mass is 19.1. The second kappa shape index (κ2) is 7.68. The molecule has 1 fully saturated rings. The van der Waals surface area contributed by atoms with E-state index in [0.717, 1.165) is 22.3 Å². The van der Waals surface area contributed by atoms with Crippen molar-refractivity contribution in [1.82, 2.24) is 10.2 Å². The van der Waals surface area contributed by atoms with E-state index in [-0.39, 0.29) is 30.1 Å². The van der Waals surface area contributed by atoms with Crippen molar-refractivity contribution in [3.05, 3.63) is 70.5 Å². The molecule has 2 amide bonds. The summed E-state index contributed by atoms with van der Waals surface area (Å²) in [5.41, 5.74) is 3.96. The molecule has 1 aliphatic rings. The fourth-order valence-electron chi connectivity index (χ4n) is 3.32. The molecule has 1 aliphatic heterocycles. The van der Waals surface area contributed by atoms with Crippen molar-refractivity contribution in [3.63, 3.8) is 0 Å². The first-order valence-electron chi connectivity index (χ1n) is 8.78. The molecular weight excluding hydrogens is 331 g/mol. The second-order valence-electron chi connectivity index (χ2n) is 6.98. The van der Waals surface area contributed by atoms with Gasteiger partial charge in [-0.2, -0.15) is 0 Å². The van der Waals surface area contributed by atoms with Gasteiger partial charge in [0.05, 0.1) is 12.5 Å². The summed E-state index contributed by atoms with van der Waals surface area (Å²) in [4.78, 5) is 26.2. The van der Waals surface area contributed by atoms with Crippen LogP contribution in [0.25, 0.3) is 0 Å². The first-order chi connectivity index (χ1) is 12.4. The van der Waals surface area contributed by atoms with Crippen LogP contribution in [0.3, 0.4) is 0 Å². The van der Waals surface area contributed by atoms with Crippen LogP contribution in [0.5, 0.6) is 0 Å².